The second-order valence-corrected chi connectivity index (χ2v) is 7.75. The number of fused-ring (bicyclic) bond motifs is 1. The second kappa shape index (κ2) is 7.28. The van der Waals surface area contributed by atoms with Crippen molar-refractivity contribution in [1.29, 1.82) is 0 Å². The van der Waals surface area contributed by atoms with Crippen LogP contribution in [0.5, 0.6) is 0 Å². The molecule has 2 heterocycles. The minimum absolute atomic E-state index is 0.179. The molecule has 1 aromatic heterocycles. The fourth-order valence-corrected chi connectivity index (χ4v) is 3.97. The first-order chi connectivity index (χ1) is 12.4. The summed E-state index contributed by atoms with van der Waals surface area (Å²) in [7, 11) is -1.87. The number of rotatable bonds is 6. The predicted octanol–water partition coefficient (Wildman–Crippen LogP) is 1.66. The van der Waals surface area contributed by atoms with Crippen LogP contribution < -0.4 is 10.0 Å². The van der Waals surface area contributed by atoms with Crippen LogP contribution >= 0.6 is 0 Å². The lowest BCUT2D eigenvalue weighted by Crippen LogP contribution is -2.31. The monoisotopic (exact) mass is 375 g/mol. The van der Waals surface area contributed by atoms with Crippen molar-refractivity contribution < 1.29 is 13.2 Å². The van der Waals surface area contributed by atoms with Gasteiger partial charge in [0, 0.05) is 24.9 Å². The number of anilines is 1. The molecule has 1 amide bonds. The number of sulfonamides is 1. The van der Waals surface area contributed by atoms with Crippen LogP contribution in [0.2, 0.25) is 0 Å². The summed E-state index contributed by atoms with van der Waals surface area (Å²) in [6, 6.07) is 7.58. The second-order valence-electron chi connectivity index (χ2n) is 6.10. The van der Waals surface area contributed by atoms with Gasteiger partial charge in [0.1, 0.15) is 11.9 Å². The molecule has 0 aliphatic carbocycles. The Bertz CT molecular complexity index is 949. The Morgan fingerprint density at radius 1 is 1.35 bits per heavy atom. The van der Waals surface area contributed by atoms with Gasteiger partial charge in [-0.25, -0.2) is 8.42 Å². The number of hydrogen-bond acceptors (Lipinski definition) is 5. The average molecular weight is 375 g/mol. The van der Waals surface area contributed by atoms with Crippen molar-refractivity contribution in [3.63, 3.8) is 0 Å². The van der Waals surface area contributed by atoms with Crippen molar-refractivity contribution in [3.05, 3.63) is 42.1 Å². The number of carbonyl (C=O) groups is 1. The molecular formula is C17H21N5O3S. The van der Waals surface area contributed by atoms with E-state index in [1.807, 2.05) is 6.92 Å². The quantitative estimate of drug-likeness (QED) is 0.801. The van der Waals surface area contributed by atoms with Crippen LogP contribution in [-0.4, -0.2) is 36.0 Å². The van der Waals surface area contributed by atoms with Gasteiger partial charge in [-0.3, -0.25) is 19.2 Å². The third-order valence-electron chi connectivity index (χ3n) is 4.05. The SMILES string of the molecule is CCCC[C@@H](N=C1NS(=O)(=O)c2ccccc21)C(=O)Nc1ccn(C)n1. The van der Waals surface area contributed by atoms with Gasteiger partial charge < -0.3 is 5.32 Å². The third kappa shape index (κ3) is 3.77. The van der Waals surface area contributed by atoms with E-state index in [0.29, 0.717) is 17.8 Å². The number of aliphatic imine (C=N–C) groups is 1. The highest BCUT2D eigenvalue weighted by Gasteiger charge is 2.31. The number of hydrogen-bond donors (Lipinski definition) is 2. The largest absolute Gasteiger partial charge is 0.307 e. The van der Waals surface area contributed by atoms with Crippen LogP contribution in [0, 0.1) is 0 Å². The van der Waals surface area contributed by atoms with Crippen molar-refractivity contribution in [2.45, 2.75) is 37.1 Å². The van der Waals surface area contributed by atoms with Crippen LogP contribution in [-0.2, 0) is 21.9 Å². The summed E-state index contributed by atoms with van der Waals surface area (Å²) in [5, 5.41) is 6.86. The molecule has 1 aromatic carbocycles. The lowest BCUT2D eigenvalue weighted by Gasteiger charge is -2.12. The van der Waals surface area contributed by atoms with Crippen molar-refractivity contribution >= 4 is 27.6 Å². The van der Waals surface area contributed by atoms with E-state index in [0.717, 1.165) is 12.8 Å². The molecule has 0 saturated heterocycles. The number of unbranched alkanes of at least 4 members (excludes halogenated alkanes) is 1. The molecule has 0 saturated carbocycles. The normalized spacial score (nSPS) is 17.5. The topological polar surface area (TPSA) is 105 Å². The molecule has 1 aliphatic rings. The van der Waals surface area contributed by atoms with E-state index in [2.05, 4.69) is 20.1 Å². The number of carbonyl (C=O) groups excluding carboxylic acids is 1. The summed E-state index contributed by atoms with van der Waals surface area (Å²) < 4.78 is 28.5. The van der Waals surface area contributed by atoms with E-state index >= 15 is 0 Å². The first-order valence-electron chi connectivity index (χ1n) is 8.41. The van der Waals surface area contributed by atoms with Crippen molar-refractivity contribution in [2.75, 3.05) is 5.32 Å². The molecule has 0 spiro atoms. The zero-order chi connectivity index (χ0) is 18.7. The zero-order valence-electron chi connectivity index (χ0n) is 14.6. The summed E-state index contributed by atoms with van der Waals surface area (Å²) in [6.45, 7) is 2.02. The Morgan fingerprint density at radius 2 is 2.12 bits per heavy atom. The highest BCUT2D eigenvalue weighted by atomic mass is 32.2. The minimum Gasteiger partial charge on any atom is -0.307 e. The molecule has 0 fully saturated rings. The Hall–Kier alpha value is -2.68. The van der Waals surface area contributed by atoms with Gasteiger partial charge in [0.2, 0.25) is 5.91 Å². The number of nitrogens with zero attached hydrogens (tertiary/aromatic N) is 3. The Kier molecular flexibility index (Phi) is 5.08. The zero-order valence-corrected chi connectivity index (χ0v) is 15.5. The van der Waals surface area contributed by atoms with Gasteiger partial charge in [-0.2, -0.15) is 5.10 Å². The maximum atomic E-state index is 12.6. The molecule has 1 aliphatic heterocycles. The van der Waals surface area contributed by atoms with Gasteiger partial charge >= 0.3 is 0 Å². The maximum absolute atomic E-state index is 12.6. The fraction of sp³-hybridized carbons (Fsp3) is 0.353. The highest BCUT2D eigenvalue weighted by Crippen LogP contribution is 2.23. The fourth-order valence-electron chi connectivity index (χ4n) is 2.73. The molecule has 2 N–H and O–H groups in total. The predicted molar refractivity (Wildman–Crippen MR) is 98.5 cm³/mol. The molecule has 9 heteroatoms. The van der Waals surface area contributed by atoms with Crippen LogP contribution in [0.4, 0.5) is 5.82 Å². The molecule has 0 bridgehead atoms. The van der Waals surface area contributed by atoms with Crippen molar-refractivity contribution in [2.24, 2.45) is 12.0 Å². The number of aromatic nitrogens is 2. The third-order valence-corrected chi connectivity index (χ3v) is 5.44. The molecular weight excluding hydrogens is 354 g/mol. The summed E-state index contributed by atoms with van der Waals surface area (Å²) in [4.78, 5) is 17.3. The van der Waals surface area contributed by atoms with Crippen LogP contribution in [0.15, 0.2) is 46.4 Å². The van der Waals surface area contributed by atoms with Crippen LogP contribution in [0.1, 0.15) is 31.7 Å². The molecule has 8 nitrogen and oxygen atoms in total. The maximum Gasteiger partial charge on any atom is 0.263 e. The van der Waals surface area contributed by atoms with Gasteiger partial charge in [-0.1, -0.05) is 31.9 Å². The van der Waals surface area contributed by atoms with Crippen molar-refractivity contribution in [1.82, 2.24) is 14.5 Å². The summed E-state index contributed by atoms with van der Waals surface area (Å²) in [6.07, 6.45) is 3.94. The highest BCUT2D eigenvalue weighted by molar-refractivity contribution is 7.90. The molecule has 0 radical (unpaired) electrons. The number of nitrogens with one attached hydrogen (secondary N) is 2. The molecule has 0 unspecified atom stereocenters. The van der Waals surface area contributed by atoms with E-state index in [1.54, 1.807) is 42.2 Å². The summed E-state index contributed by atoms with van der Waals surface area (Å²) in [5.41, 5.74) is 0.486. The standard InChI is InChI=1S/C17H21N5O3S/c1-3-4-8-13(17(23)19-15-10-11-22(2)20-15)18-16-12-7-5-6-9-14(12)26(24,25)21-16/h5-7,9-11,13H,3-4,8H2,1-2H3,(H,18,21)(H,19,20,23)/t13-/m1/s1. The smallest absolute Gasteiger partial charge is 0.263 e. The van der Waals surface area contributed by atoms with Gasteiger partial charge in [0.25, 0.3) is 10.0 Å². The number of benzene rings is 1. The molecule has 138 valence electrons. The summed E-state index contributed by atoms with van der Waals surface area (Å²) >= 11 is 0. The average Bonchev–Trinajstić information content (AvgIpc) is 3.12. The number of aryl methyl sites for hydroxylation is 1. The van der Waals surface area contributed by atoms with E-state index in [9.17, 15) is 13.2 Å². The van der Waals surface area contributed by atoms with E-state index in [-0.39, 0.29) is 16.6 Å². The lowest BCUT2D eigenvalue weighted by atomic mass is 10.1. The Labute approximate surface area is 152 Å². The molecule has 2 aromatic rings. The van der Waals surface area contributed by atoms with Gasteiger partial charge in [-0.05, 0) is 18.6 Å². The molecule has 3 rings (SSSR count). The Balaban J connectivity index is 1.89. The summed E-state index contributed by atoms with van der Waals surface area (Å²) in [5.74, 6) is 0.331. The molecule has 26 heavy (non-hydrogen) atoms. The van der Waals surface area contributed by atoms with E-state index in [4.69, 9.17) is 0 Å². The van der Waals surface area contributed by atoms with E-state index < -0.39 is 16.1 Å². The first kappa shape index (κ1) is 18.1. The van der Waals surface area contributed by atoms with Crippen LogP contribution in [0.25, 0.3) is 0 Å². The van der Waals surface area contributed by atoms with Gasteiger partial charge in [0.05, 0.1) is 4.90 Å². The van der Waals surface area contributed by atoms with Crippen molar-refractivity contribution in [3.8, 4) is 0 Å². The molecule has 1 atom stereocenters. The van der Waals surface area contributed by atoms with E-state index in [1.165, 1.54) is 6.07 Å². The van der Waals surface area contributed by atoms with Gasteiger partial charge in [-0.15, -0.1) is 0 Å². The number of amidine groups is 1. The van der Waals surface area contributed by atoms with Gasteiger partial charge in [0.15, 0.2) is 5.82 Å². The van der Waals surface area contributed by atoms with Crippen LogP contribution in [0.3, 0.4) is 0 Å². The minimum atomic E-state index is -3.63. The number of amides is 1. The lowest BCUT2D eigenvalue weighted by molar-refractivity contribution is -0.117. The Morgan fingerprint density at radius 3 is 2.81 bits per heavy atom. The first-order valence-corrected chi connectivity index (χ1v) is 9.89.